The molecule has 2 aromatic heterocycles. The van der Waals surface area contributed by atoms with Gasteiger partial charge < -0.3 is 15.7 Å². The smallest absolute Gasteiger partial charge is 0.232 e. The van der Waals surface area contributed by atoms with Gasteiger partial charge in [-0.05, 0) is 17.5 Å². The molecule has 2 heterocycles. The molecule has 0 bridgehead atoms. The molecule has 1 aromatic carbocycles. The minimum Gasteiger partial charge on any atom is -0.394 e. The Morgan fingerprint density at radius 1 is 0.897 bits per heavy atom. The van der Waals surface area contributed by atoms with E-state index < -0.39 is 0 Å². The van der Waals surface area contributed by atoms with E-state index in [-0.39, 0.29) is 18.1 Å². The number of pyridine rings is 1. The fourth-order valence-electron chi connectivity index (χ4n) is 2.47. The number of hydrogen-bond donors (Lipinski definition) is 3. The highest BCUT2D eigenvalue weighted by molar-refractivity contribution is 5.60. The SMILES string of the molecule is CC.CC(C)(C)C(CO)Nc1nc(Nc2ccncc2)nc(-c2ccccc2)n1. The molecule has 0 aliphatic heterocycles. The normalized spacial score (nSPS) is 11.8. The topological polar surface area (TPSA) is 95.8 Å². The van der Waals surface area contributed by atoms with Crippen molar-refractivity contribution >= 4 is 17.6 Å². The van der Waals surface area contributed by atoms with Gasteiger partial charge in [-0.15, -0.1) is 0 Å². The van der Waals surface area contributed by atoms with Crippen LogP contribution in [0.3, 0.4) is 0 Å². The first kappa shape index (κ1) is 22.2. The fourth-order valence-corrected chi connectivity index (χ4v) is 2.47. The number of nitrogens with zero attached hydrogens (tertiary/aromatic N) is 4. The Balaban J connectivity index is 0.00000145. The molecule has 0 radical (unpaired) electrons. The van der Waals surface area contributed by atoms with Crippen LogP contribution in [0.4, 0.5) is 17.6 Å². The first-order valence-electron chi connectivity index (χ1n) is 9.81. The second-order valence-corrected chi connectivity index (χ2v) is 7.28. The van der Waals surface area contributed by atoms with Gasteiger partial charge in [0.1, 0.15) is 0 Å². The van der Waals surface area contributed by atoms with Gasteiger partial charge in [0.15, 0.2) is 5.82 Å². The molecule has 3 rings (SSSR count). The van der Waals surface area contributed by atoms with Crippen molar-refractivity contribution in [3.63, 3.8) is 0 Å². The van der Waals surface area contributed by atoms with Crippen LogP contribution >= 0.6 is 0 Å². The average Bonchev–Trinajstić information content (AvgIpc) is 2.74. The molecule has 0 spiro atoms. The Hall–Kier alpha value is -3.06. The number of aliphatic hydroxyl groups excluding tert-OH is 1. The molecule has 7 nitrogen and oxygen atoms in total. The maximum atomic E-state index is 9.76. The summed E-state index contributed by atoms with van der Waals surface area (Å²) >= 11 is 0. The molecule has 0 amide bonds. The first-order valence-corrected chi connectivity index (χ1v) is 9.81. The van der Waals surface area contributed by atoms with Gasteiger partial charge in [-0.25, -0.2) is 0 Å². The van der Waals surface area contributed by atoms with Gasteiger partial charge in [-0.2, -0.15) is 15.0 Å². The molecule has 3 aromatic rings. The molecule has 0 saturated carbocycles. The Kier molecular flexibility index (Phi) is 8.03. The summed E-state index contributed by atoms with van der Waals surface area (Å²) in [5.41, 5.74) is 1.56. The molecule has 29 heavy (non-hydrogen) atoms. The summed E-state index contributed by atoms with van der Waals surface area (Å²) in [6, 6.07) is 13.2. The highest BCUT2D eigenvalue weighted by atomic mass is 16.3. The number of rotatable bonds is 6. The average molecular weight is 395 g/mol. The Labute approximate surface area is 172 Å². The van der Waals surface area contributed by atoms with E-state index in [0.717, 1.165) is 11.3 Å². The third-order valence-corrected chi connectivity index (χ3v) is 4.14. The zero-order valence-electron chi connectivity index (χ0n) is 17.7. The molecular formula is C22H30N6O. The van der Waals surface area contributed by atoms with E-state index in [1.807, 2.05) is 56.3 Å². The van der Waals surface area contributed by atoms with E-state index >= 15 is 0 Å². The molecule has 1 atom stereocenters. The van der Waals surface area contributed by atoms with E-state index in [4.69, 9.17) is 0 Å². The number of benzene rings is 1. The van der Waals surface area contributed by atoms with Gasteiger partial charge in [-0.3, -0.25) is 4.98 Å². The Morgan fingerprint density at radius 2 is 1.52 bits per heavy atom. The highest BCUT2D eigenvalue weighted by Crippen LogP contribution is 2.24. The second-order valence-electron chi connectivity index (χ2n) is 7.28. The molecule has 154 valence electrons. The fraction of sp³-hybridized carbons (Fsp3) is 0.364. The van der Waals surface area contributed by atoms with Gasteiger partial charge in [0.05, 0.1) is 12.6 Å². The first-order chi connectivity index (χ1) is 14.0. The summed E-state index contributed by atoms with van der Waals surface area (Å²) in [6.45, 7) is 10.1. The number of aliphatic hydroxyl groups is 1. The lowest BCUT2D eigenvalue weighted by Gasteiger charge is -2.29. The van der Waals surface area contributed by atoms with Crippen molar-refractivity contribution in [2.45, 2.75) is 40.7 Å². The zero-order chi connectivity index (χ0) is 21.3. The van der Waals surface area contributed by atoms with Gasteiger partial charge in [0.25, 0.3) is 0 Å². The molecule has 0 fully saturated rings. The largest absolute Gasteiger partial charge is 0.394 e. The molecule has 3 N–H and O–H groups in total. The van der Waals surface area contributed by atoms with E-state index in [1.54, 1.807) is 12.4 Å². The van der Waals surface area contributed by atoms with Crippen LogP contribution in [0.25, 0.3) is 11.4 Å². The van der Waals surface area contributed by atoms with Crippen LogP contribution in [0.15, 0.2) is 54.9 Å². The van der Waals surface area contributed by atoms with Crippen molar-refractivity contribution in [2.75, 3.05) is 17.2 Å². The van der Waals surface area contributed by atoms with Crippen molar-refractivity contribution in [2.24, 2.45) is 5.41 Å². The molecule has 7 heteroatoms. The van der Waals surface area contributed by atoms with Crippen LogP contribution in [-0.2, 0) is 0 Å². The van der Waals surface area contributed by atoms with E-state index in [9.17, 15) is 5.11 Å². The second kappa shape index (κ2) is 10.5. The third-order valence-electron chi connectivity index (χ3n) is 4.14. The highest BCUT2D eigenvalue weighted by Gasteiger charge is 2.25. The number of anilines is 3. The summed E-state index contributed by atoms with van der Waals surface area (Å²) in [5.74, 6) is 1.38. The maximum Gasteiger partial charge on any atom is 0.232 e. The minimum atomic E-state index is -0.197. The van der Waals surface area contributed by atoms with Crippen molar-refractivity contribution in [1.29, 1.82) is 0 Å². The summed E-state index contributed by atoms with van der Waals surface area (Å²) in [4.78, 5) is 17.6. The summed E-state index contributed by atoms with van der Waals surface area (Å²) in [7, 11) is 0. The quantitative estimate of drug-likeness (QED) is 0.565. The molecular weight excluding hydrogens is 364 g/mol. The zero-order valence-corrected chi connectivity index (χ0v) is 17.7. The van der Waals surface area contributed by atoms with Crippen LogP contribution in [0.2, 0.25) is 0 Å². The number of aromatic nitrogens is 4. The predicted molar refractivity (Wildman–Crippen MR) is 118 cm³/mol. The van der Waals surface area contributed by atoms with Crippen molar-refractivity contribution in [3.8, 4) is 11.4 Å². The molecule has 0 aliphatic rings. The van der Waals surface area contributed by atoms with Gasteiger partial charge >= 0.3 is 0 Å². The lowest BCUT2D eigenvalue weighted by Crippen LogP contribution is -2.37. The maximum absolute atomic E-state index is 9.76. The Bertz CT molecular complexity index is 865. The number of hydrogen-bond acceptors (Lipinski definition) is 7. The minimum absolute atomic E-state index is 0.0248. The monoisotopic (exact) mass is 394 g/mol. The lowest BCUT2D eigenvalue weighted by molar-refractivity contribution is 0.201. The van der Waals surface area contributed by atoms with E-state index in [2.05, 4.69) is 51.3 Å². The molecule has 0 saturated heterocycles. The summed E-state index contributed by atoms with van der Waals surface area (Å²) < 4.78 is 0. The van der Waals surface area contributed by atoms with E-state index in [1.165, 1.54) is 0 Å². The van der Waals surface area contributed by atoms with Crippen LogP contribution in [0, 0.1) is 5.41 Å². The van der Waals surface area contributed by atoms with Crippen molar-refractivity contribution < 1.29 is 5.11 Å². The predicted octanol–water partition coefficient (Wildman–Crippen LogP) is 4.52. The van der Waals surface area contributed by atoms with Gasteiger partial charge in [0.2, 0.25) is 11.9 Å². The lowest BCUT2D eigenvalue weighted by atomic mass is 9.87. The van der Waals surface area contributed by atoms with E-state index in [0.29, 0.717) is 17.7 Å². The number of nitrogens with one attached hydrogen (secondary N) is 2. The van der Waals surface area contributed by atoms with Crippen LogP contribution in [0.1, 0.15) is 34.6 Å². The summed E-state index contributed by atoms with van der Waals surface area (Å²) in [5, 5.41) is 16.2. The standard InChI is InChI=1S/C20H24N6O.C2H6/c1-20(2,3)16(13-27)23-19-25-17(14-7-5-4-6-8-14)24-18(26-19)22-15-9-11-21-12-10-15;1-2/h4-12,16,27H,13H2,1-3H3,(H2,21,22,23,24,25,26);1-2H3. The van der Waals surface area contributed by atoms with Crippen LogP contribution < -0.4 is 10.6 Å². The van der Waals surface area contributed by atoms with Crippen LogP contribution in [0.5, 0.6) is 0 Å². The third kappa shape index (κ3) is 6.50. The molecule has 1 unspecified atom stereocenters. The van der Waals surface area contributed by atoms with Gasteiger partial charge in [-0.1, -0.05) is 65.0 Å². The van der Waals surface area contributed by atoms with Crippen molar-refractivity contribution in [1.82, 2.24) is 19.9 Å². The van der Waals surface area contributed by atoms with Crippen LogP contribution in [-0.4, -0.2) is 37.7 Å². The summed E-state index contributed by atoms with van der Waals surface area (Å²) in [6.07, 6.45) is 3.39. The Morgan fingerprint density at radius 3 is 2.10 bits per heavy atom. The van der Waals surface area contributed by atoms with Gasteiger partial charge in [0, 0.05) is 23.6 Å². The molecule has 0 aliphatic carbocycles. The van der Waals surface area contributed by atoms with Crippen molar-refractivity contribution in [3.05, 3.63) is 54.9 Å².